The number of hydrogen-bond acceptors (Lipinski definition) is 4. The van der Waals surface area contributed by atoms with Gasteiger partial charge in [0.25, 0.3) is 0 Å². The molecule has 0 aliphatic heterocycles. The summed E-state index contributed by atoms with van der Waals surface area (Å²) in [5.74, 6) is -0.657. The fourth-order valence-corrected chi connectivity index (χ4v) is 4.71. The maximum absolute atomic E-state index is 13.5. The summed E-state index contributed by atoms with van der Waals surface area (Å²) in [5, 5.41) is 2.97. The van der Waals surface area contributed by atoms with Crippen molar-refractivity contribution >= 4 is 21.8 Å². The molecule has 7 nitrogen and oxygen atoms in total. The lowest BCUT2D eigenvalue weighted by Gasteiger charge is -2.33. The van der Waals surface area contributed by atoms with E-state index in [1.807, 2.05) is 58.9 Å². The van der Waals surface area contributed by atoms with Crippen molar-refractivity contribution in [3.05, 3.63) is 65.2 Å². The summed E-state index contributed by atoms with van der Waals surface area (Å²) < 4.78 is 27.1. The number of benzene rings is 2. The van der Waals surface area contributed by atoms with Gasteiger partial charge in [-0.05, 0) is 56.9 Å². The quantitative estimate of drug-likeness (QED) is 0.524. The Hall–Kier alpha value is -2.71. The van der Waals surface area contributed by atoms with Crippen molar-refractivity contribution in [3.8, 4) is 0 Å². The van der Waals surface area contributed by atoms with Crippen molar-refractivity contribution < 1.29 is 18.0 Å². The van der Waals surface area contributed by atoms with Crippen LogP contribution in [0.1, 0.15) is 50.3 Å². The third-order valence-corrected chi connectivity index (χ3v) is 7.89. The Balaban J connectivity index is 2.34. The van der Waals surface area contributed by atoms with Gasteiger partial charge in [0.2, 0.25) is 21.8 Å². The Morgan fingerprint density at radius 1 is 0.971 bits per heavy atom. The molecule has 34 heavy (non-hydrogen) atoms. The lowest BCUT2D eigenvalue weighted by Crippen LogP contribution is -2.53. The van der Waals surface area contributed by atoms with Gasteiger partial charge in [0.15, 0.2) is 0 Å². The molecule has 0 saturated heterocycles. The fraction of sp³-hybridized carbons (Fsp3) is 0.462. The van der Waals surface area contributed by atoms with E-state index in [1.165, 1.54) is 24.1 Å². The van der Waals surface area contributed by atoms with Gasteiger partial charge in [0.1, 0.15) is 6.04 Å². The number of aryl methyl sites for hydroxylation is 2. The van der Waals surface area contributed by atoms with Gasteiger partial charge in [-0.2, -0.15) is 4.31 Å². The lowest BCUT2D eigenvalue weighted by molar-refractivity contribution is -0.141. The first-order chi connectivity index (χ1) is 16.0. The van der Waals surface area contributed by atoms with E-state index in [9.17, 15) is 18.0 Å². The first kappa shape index (κ1) is 27.5. The van der Waals surface area contributed by atoms with Crippen molar-refractivity contribution in [2.75, 3.05) is 13.6 Å². The zero-order chi connectivity index (χ0) is 25.5. The molecule has 0 radical (unpaired) electrons. The Labute approximate surface area is 204 Å². The summed E-state index contributed by atoms with van der Waals surface area (Å²) in [5.41, 5.74) is 2.85. The second kappa shape index (κ2) is 12.1. The van der Waals surface area contributed by atoms with Crippen LogP contribution >= 0.6 is 0 Å². The molecule has 0 saturated carbocycles. The number of rotatable bonds is 11. The molecular formula is C26H37N3O4S. The number of nitrogens with zero attached hydrogens (tertiary/aromatic N) is 2. The van der Waals surface area contributed by atoms with Crippen LogP contribution in [0.2, 0.25) is 0 Å². The molecule has 1 N–H and O–H groups in total. The SMILES string of the molecule is CC[C@H](C)NC(=O)[C@H](CC)N(Cc1ccccc1C)C(=O)CN(C)S(=O)(=O)c1ccc(C)cc1. The third kappa shape index (κ3) is 6.90. The second-order valence-electron chi connectivity index (χ2n) is 8.76. The third-order valence-electron chi connectivity index (χ3n) is 6.08. The fourth-order valence-electron chi connectivity index (χ4n) is 3.59. The maximum Gasteiger partial charge on any atom is 0.243 e. The average molecular weight is 488 g/mol. The highest BCUT2D eigenvalue weighted by atomic mass is 32.2. The van der Waals surface area contributed by atoms with Gasteiger partial charge >= 0.3 is 0 Å². The predicted molar refractivity (Wildman–Crippen MR) is 135 cm³/mol. The molecule has 186 valence electrons. The van der Waals surface area contributed by atoms with Crippen LogP contribution in [0.25, 0.3) is 0 Å². The molecule has 2 aromatic rings. The summed E-state index contributed by atoms with van der Waals surface area (Å²) in [6.07, 6.45) is 1.18. The minimum atomic E-state index is -3.86. The van der Waals surface area contributed by atoms with Crippen LogP contribution in [-0.4, -0.2) is 55.1 Å². The van der Waals surface area contributed by atoms with Crippen molar-refractivity contribution in [3.63, 3.8) is 0 Å². The molecule has 0 spiro atoms. The van der Waals surface area contributed by atoms with Crippen LogP contribution in [0.3, 0.4) is 0 Å². The zero-order valence-corrected chi connectivity index (χ0v) is 21.9. The number of sulfonamides is 1. The Morgan fingerprint density at radius 2 is 1.59 bits per heavy atom. The molecule has 2 atom stereocenters. The van der Waals surface area contributed by atoms with Gasteiger partial charge in [0, 0.05) is 19.6 Å². The van der Waals surface area contributed by atoms with E-state index >= 15 is 0 Å². The minimum absolute atomic E-state index is 0.0263. The number of hydrogen-bond donors (Lipinski definition) is 1. The molecule has 0 aromatic heterocycles. The van der Waals surface area contributed by atoms with Gasteiger partial charge in [-0.15, -0.1) is 0 Å². The molecule has 0 aliphatic rings. The smallest absolute Gasteiger partial charge is 0.243 e. The Morgan fingerprint density at radius 3 is 2.15 bits per heavy atom. The number of likely N-dealkylation sites (N-methyl/N-ethyl adjacent to an activating group) is 1. The molecule has 0 heterocycles. The van der Waals surface area contributed by atoms with Crippen LogP contribution in [0.4, 0.5) is 0 Å². The molecule has 2 aromatic carbocycles. The van der Waals surface area contributed by atoms with Crippen LogP contribution in [-0.2, 0) is 26.2 Å². The normalized spacial score (nSPS) is 13.4. The molecule has 0 bridgehead atoms. The largest absolute Gasteiger partial charge is 0.352 e. The van der Waals surface area contributed by atoms with Gasteiger partial charge in [0.05, 0.1) is 11.4 Å². The first-order valence-electron chi connectivity index (χ1n) is 11.7. The van der Waals surface area contributed by atoms with E-state index in [1.54, 1.807) is 12.1 Å². The van der Waals surface area contributed by atoms with Crippen molar-refractivity contribution in [2.24, 2.45) is 0 Å². The van der Waals surface area contributed by atoms with E-state index in [0.717, 1.165) is 27.4 Å². The standard InChI is InChI=1S/C26H37N3O4S/c1-7-21(5)27-26(31)24(8-2)29(17-22-12-10-9-11-20(22)4)25(30)18-28(6)34(32,33)23-15-13-19(3)14-16-23/h9-16,21,24H,7-8,17-18H2,1-6H3,(H,27,31)/t21-,24-/m0/s1. The summed E-state index contributed by atoms with van der Waals surface area (Å²) in [7, 11) is -2.47. The molecule has 2 amide bonds. The number of amides is 2. The van der Waals surface area contributed by atoms with E-state index in [0.29, 0.717) is 6.42 Å². The summed E-state index contributed by atoms with van der Waals surface area (Å²) in [4.78, 5) is 28.2. The van der Waals surface area contributed by atoms with Crippen molar-refractivity contribution in [1.82, 2.24) is 14.5 Å². The van der Waals surface area contributed by atoms with Gasteiger partial charge in [-0.1, -0.05) is 55.8 Å². The first-order valence-corrected chi connectivity index (χ1v) is 13.1. The van der Waals surface area contributed by atoms with E-state index in [-0.39, 0.29) is 29.9 Å². The van der Waals surface area contributed by atoms with Crippen LogP contribution in [0.5, 0.6) is 0 Å². The predicted octanol–water partition coefficient (Wildman–Crippen LogP) is 3.65. The highest BCUT2D eigenvalue weighted by Gasteiger charge is 2.32. The summed E-state index contributed by atoms with van der Waals surface area (Å²) >= 11 is 0. The lowest BCUT2D eigenvalue weighted by atomic mass is 10.1. The molecule has 2 rings (SSSR count). The Kier molecular flexibility index (Phi) is 9.82. The Bertz CT molecular complexity index is 1080. The number of carbonyl (C=O) groups excluding carboxylic acids is 2. The van der Waals surface area contributed by atoms with Crippen LogP contribution in [0, 0.1) is 13.8 Å². The highest BCUT2D eigenvalue weighted by Crippen LogP contribution is 2.19. The van der Waals surface area contributed by atoms with Crippen LogP contribution in [0.15, 0.2) is 53.4 Å². The monoisotopic (exact) mass is 487 g/mol. The summed E-state index contributed by atoms with van der Waals surface area (Å²) in [6.45, 7) is 9.43. The van der Waals surface area contributed by atoms with E-state index < -0.39 is 22.0 Å². The minimum Gasteiger partial charge on any atom is -0.352 e. The highest BCUT2D eigenvalue weighted by molar-refractivity contribution is 7.89. The zero-order valence-electron chi connectivity index (χ0n) is 21.0. The molecule has 0 unspecified atom stereocenters. The van der Waals surface area contributed by atoms with Gasteiger partial charge in [-0.3, -0.25) is 9.59 Å². The average Bonchev–Trinajstić information content (AvgIpc) is 2.80. The molecule has 0 fully saturated rings. The molecule has 0 aliphatic carbocycles. The maximum atomic E-state index is 13.5. The topological polar surface area (TPSA) is 86.8 Å². The molecule has 8 heteroatoms. The van der Waals surface area contributed by atoms with Gasteiger partial charge < -0.3 is 10.2 Å². The second-order valence-corrected chi connectivity index (χ2v) is 10.8. The van der Waals surface area contributed by atoms with E-state index in [4.69, 9.17) is 0 Å². The van der Waals surface area contributed by atoms with Crippen LogP contribution < -0.4 is 5.32 Å². The van der Waals surface area contributed by atoms with E-state index in [2.05, 4.69) is 5.32 Å². The summed E-state index contributed by atoms with van der Waals surface area (Å²) in [6, 6.07) is 13.4. The van der Waals surface area contributed by atoms with Crippen molar-refractivity contribution in [1.29, 1.82) is 0 Å². The van der Waals surface area contributed by atoms with Gasteiger partial charge in [-0.25, -0.2) is 8.42 Å². The number of carbonyl (C=O) groups is 2. The van der Waals surface area contributed by atoms with Crippen molar-refractivity contribution in [2.45, 2.75) is 71.0 Å². The molecular weight excluding hydrogens is 450 g/mol. The number of nitrogens with one attached hydrogen (secondary N) is 1.